The largest absolute Gasteiger partial charge is 0.353 e. The van der Waals surface area contributed by atoms with Gasteiger partial charge in [-0.25, -0.2) is 0 Å². The average molecular weight is 244 g/mol. The fraction of sp³-hybridized carbons (Fsp3) is 1.00. The van der Waals surface area contributed by atoms with Crippen LogP contribution in [0.25, 0.3) is 0 Å². The molecule has 0 saturated carbocycles. The second kappa shape index (κ2) is 7.34. The van der Waals surface area contributed by atoms with Crippen molar-refractivity contribution < 1.29 is 14.0 Å². The Hall–Kier alpha value is -0.120. The van der Waals surface area contributed by atoms with Crippen molar-refractivity contribution >= 4 is 0 Å². The zero-order valence-corrected chi connectivity index (χ0v) is 12.1. The third kappa shape index (κ3) is 4.23. The summed E-state index contributed by atoms with van der Waals surface area (Å²) in [6, 6.07) is 0. The van der Waals surface area contributed by atoms with Gasteiger partial charge in [0.2, 0.25) is 0 Å². The number of ether oxygens (including phenoxy) is 2. The molecule has 1 aliphatic heterocycles. The van der Waals surface area contributed by atoms with Crippen molar-refractivity contribution in [3.63, 3.8) is 0 Å². The third-order valence-electron chi connectivity index (χ3n) is 3.94. The molecule has 1 heterocycles. The molecule has 102 valence electrons. The Labute approximate surface area is 107 Å². The maximum Gasteiger partial charge on any atom is 0.193 e. The Kier molecular flexibility index (Phi) is 6.45. The van der Waals surface area contributed by atoms with E-state index < -0.39 is 0 Å². The van der Waals surface area contributed by atoms with Crippen LogP contribution in [0.4, 0.5) is 0 Å². The van der Waals surface area contributed by atoms with Gasteiger partial charge < -0.3 is 9.47 Å². The molecule has 0 aromatic rings. The highest BCUT2D eigenvalue weighted by Crippen LogP contribution is 2.25. The molecule has 3 heteroatoms. The van der Waals surface area contributed by atoms with E-state index in [1.165, 1.54) is 45.3 Å². The highest BCUT2D eigenvalue weighted by atomic mass is 16.7. The molecule has 1 aliphatic rings. The lowest BCUT2D eigenvalue weighted by Gasteiger charge is -2.46. The Morgan fingerprint density at radius 2 is 1.71 bits per heavy atom. The molecule has 0 radical (unpaired) electrons. The number of hydrogen-bond acceptors (Lipinski definition) is 2. The zero-order chi connectivity index (χ0) is 12.7. The Morgan fingerprint density at radius 3 is 2.24 bits per heavy atom. The number of nitrogens with zero attached hydrogens (tertiary/aromatic N) is 1. The summed E-state index contributed by atoms with van der Waals surface area (Å²) in [5, 5.41) is 0. The normalized spacial score (nSPS) is 23.3. The zero-order valence-electron chi connectivity index (χ0n) is 12.1. The number of piperidine rings is 1. The standard InChI is InChI=1S/C14H30NO2/c1-5-10-15(11-8-7-9-12-15)13(3)17-14(4)16-6-2/h13-14H,5-12H2,1-4H3/q+1. The fourth-order valence-electron chi connectivity index (χ4n) is 3.04. The second-order valence-electron chi connectivity index (χ2n) is 5.21. The first kappa shape index (κ1) is 14.9. The van der Waals surface area contributed by atoms with Crippen LogP contribution in [-0.4, -0.2) is 43.2 Å². The average Bonchev–Trinajstić information content (AvgIpc) is 2.30. The van der Waals surface area contributed by atoms with Gasteiger partial charge in [0.25, 0.3) is 0 Å². The van der Waals surface area contributed by atoms with E-state index in [-0.39, 0.29) is 12.5 Å². The van der Waals surface area contributed by atoms with Gasteiger partial charge in [-0.2, -0.15) is 0 Å². The SMILES string of the molecule is CCC[N+]1(C(C)OC(C)OCC)CCCCC1. The molecule has 1 fully saturated rings. The van der Waals surface area contributed by atoms with Gasteiger partial charge in [0.05, 0.1) is 19.6 Å². The van der Waals surface area contributed by atoms with Crippen LogP contribution in [0, 0.1) is 0 Å². The van der Waals surface area contributed by atoms with Gasteiger partial charge in [-0.15, -0.1) is 0 Å². The fourth-order valence-corrected chi connectivity index (χ4v) is 3.04. The van der Waals surface area contributed by atoms with Crippen LogP contribution < -0.4 is 0 Å². The first-order valence-electron chi connectivity index (χ1n) is 7.27. The van der Waals surface area contributed by atoms with Crippen LogP contribution in [0.5, 0.6) is 0 Å². The van der Waals surface area contributed by atoms with Crippen LogP contribution in [-0.2, 0) is 9.47 Å². The lowest BCUT2D eigenvalue weighted by atomic mass is 10.1. The van der Waals surface area contributed by atoms with Crippen molar-refractivity contribution in [2.24, 2.45) is 0 Å². The number of rotatable bonds is 7. The minimum Gasteiger partial charge on any atom is -0.353 e. The lowest BCUT2D eigenvalue weighted by molar-refractivity contribution is -0.975. The van der Waals surface area contributed by atoms with Crippen molar-refractivity contribution in [1.29, 1.82) is 0 Å². The molecule has 1 saturated heterocycles. The van der Waals surface area contributed by atoms with Crippen molar-refractivity contribution in [3.8, 4) is 0 Å². The van der Waals surface area contributed by atoms with Crippen LogP contribution in [0.15, 0.2) is 0 Å². The predicted molar refractivity (Wildman–Crippen MR) is 70.6 cm³/mol. The Morgan fingerprint density at radius 1 is 1.06 bits per heavy atom. The van der Waals surface area contributed by atoms with Gasteiger partial charge in [-0.3, -0.25) is 4.48 Å². The van der Waals surface area contributed by atoms with Crippen LogP contribution in [0.3, 0.4) is 0 Å². The highest BCUT2D eigenvalue weighted by molar-refractivity contribution is 4.56. The van der Waals surface area contributed by atoms with Gasteiger partial charge in [-0.1, -0.05) is 6.92 Å². The molecule has 0 N–H and O–H groups in total. The first-order chi connectivity index (χ1) is 8.14. The third-order valence-corrected chi connectivity index (χ3v) is 3.94. The summed E-state index contributed by atoms with van der Waals surface area (Å²) < 4.78 is 12.7. The molecule has 2 unspecified atom stereocenters. The number of quaternary nitrogens is 1. The topological polar surface area (TPSA) is 18.5 Å². The summed E-state index contributed by atoms with van der Waals surface area (Å²) in [7, 11) is 0. The monoisotopic (exact) mass is 244 g/mol. The summed E-state index contributed by atoms with van der Waals surface area (Å²) >= 11 is 0. The van der Waals surface area contributed by atoms with E-state index >= 15 is 0 Å². The Bertz CT molecular complexity index is 197. The van der Waals surface area contributed by atoms with Gasteiger partial charge >= 0.3 is 0 Å². The summed E-state index contributed by atoms with van der Waals surface area (Å²) in [4.78, 5) is 0. The first-order valence-corrected chi connectivity index (χ1v) is 7.27. The summed E-state index contributed by atoms with van der Waals surface area (Å²) in [5.41, 5.74) is 0. The van der Waals surface area contributed by atoms with Crippen LogP contribution in [0.2, 0.25) is 0 Å². The molecule has 0 aliphatic carbocycles. The van der Waals surface area contributed by atoms with E-state index in [0.717, 1.165) is 11.1 Å². The lowest BCUT2D eigenvalue weighted by Crippen LogP contribution is -2.59. The molecule has 1 rings (SSSR count). The summed E-state index contributed by atoms with van der Waals surface area (Å²) in [6.45, 7) is 13.0. The van der Waals surface area contributed by atoms with Crippen LogP contribution >= 0.6 is 0 Å². The van der Waals surface area contributed by atoms with E-state index in [4.69, 9.17) is 9.47 Å². The van der Waals surface area contributed by atoms with E-state index in [1.54, 1.807) is 0 Å². The molecular formula is C14H30NO2+. The summed E-state index contributed by atoms with van der Waals surface area (Å²) in [6.07, 6.45) is 5.49. The molecule has 0 aromatic heterocycles. The van der Waals surface area contributed by atoms with Crippen molar-refractivity contribution in [2.45, 2.75) is 65.9 Å². The maximum absolute atomic E-state index is 6.04. The molecule has 17 heavy (non-hydrogen) atoms. The van der Waals surface area contributed by atoms with E-state index in [0.29, 0.717) is 0 Å². The van der Waals surface area contributed by atoms with Crippen LogP contribution in [0.1, 0.15) is 53.4 Å². The molecule has 0 aromatic carbocycles. The van der Waals surface area contributed by atoms with Crippen molar-refractivity contribution in [2.75, 3.05) is 26.2 Å². The van der Waals surface area contributed by atoms with Gasteiger partial charge in [0, 0.05) is 13.5 Å². The maximum atomic E-state index is 6.04. The summed E-state index contributed by atoms with van der Waals surface area (Å²) in [5.74, 6) is 0. The molecule has 2 atom stereocenters. The van der Waals surface area contributed by atoms with Crippen molar-refractivity contribution in [3.05, 3.63) is 0 Å². The number of likely N-dealkylation sites (tertiary alicyclic amines) is 1. The van der Waals surface area contributed by atoms with E-state index in [9.17, 15) is 0 Å². The molecular weight excluding hydrogens is 214 g/mol. The highest BCUT2D eigenvalue weighted by Gasteiger charge is 2.36. The smallest absolute Gasteiger partial charge is 0.193 e. The second-order valence-corrected chi connectivity index (χ2v) is 5.21. The minimum atomic E-state index is -0.0798. The minimum absolute atomic E-state index is 0.0798. The Balaban J connectivity index is 2.55. The molecule has 0 bridgehead atoms. The van der Waals surface area contributed by atoms with E-state index in [1.807, 2.05) is 13.8 Å². The number of hydrogen-bond donors (Lipinski definition) is 0. The molecule has 0 spiro atoms. The van der Waals surface area contributed by atoms with E-state index in [2.05, 4.69) is 13.8 Å². The van der Waals surface area contributed by atoms with Gasteiger partial charge in [0.15, 0.2) is 12.5 Å². The van der Waals surface area contributed by atoms with Crippen molar-refractivity contribution in [1.82, 2.24) is 0 Å². The van der Waals surface area contributed by atoms with Gasteiger partial charge in [0.1, 0.15) is 0 Å². The molecule has 3 nitrogen and oxygen atoms in total. The quantitative estimate of drug-likeness (QED) is 0.506. The predicted octanol–water partition coefficient (Wildman–Crippen LogP) is 3.14. The van der Waals surface area contributed by atoms with Gasteiger partial charge in [-0.05, 0) is 39.5 Å². The molecule has 0 amide bonds.